The molecule has 6 N–H and O–H groups in total. The zero-order valence-corrected chi connectivity index (χ0v) is 30.3. The van der Waals surface area contributed by atoms with E-state index in [0.29, 0.717) is 22.1 Å². The summed E-state index contributed by atoms with van der Waals surface area (Å²) in [5, 5.41) is 30.4. The first-order chi connectivity index (χ1) is 25.5. The third kappa shape index (κ3) is 10.3. The van der Waals surface area contributed by atoms with Crippen LogP contribution in [0.2, 0.25) is 0 Å². The van der Waals surface area contributed by atoms with Crippen molar-refractivity contribution in [2.75, 3.05) is 17.7 Å². The monoisotopic (exact) mass is 817 g/mol. The number of nitrogens with one attached hydrogen (secondary N) is 2. The number of ether oxygens (including phenoxy) is 1. The number of carbonyl (C=O) groups excluding carboxylic acids is 3. The Labute approximate surface area is 311 Å². The molecule has 21 nitrogen and oxygen atoms in total. The summed E-state index contributed by atoms with van der Waals surface area (Å²) in [6, 6.07) is 9.16. The number of nitrogens with two attached hydrogens (primary N) is 1. The normalized spacial score (nSPS) is 16.0. The van der Waals surface area contributed by atoms with E-state index in [0.717, 1.165) is 22.5 Å². The van der Waals surface area contributed by atoms with Gasteiger partial charge in [0.1, 0.15) is 35.9 Å². The predicted molar refractivity (Wildman–Crippen MR) is 179 cm³/mol. The molecule has 2 atom stereocenters. The zero-order chi connectivity index (χ0) is 41.0. The van der Waals surface area contributed by atoms with Gasteiger partial charge in [-0.25, -0.2) is 14.8 Å². The highest BCUT2D eigenvalue weighted by Gasteiger charge is 2.58. The number of hydrogen-bond acceptors (Lipinski definition) is 16. The van der Waals surface area contributed by atoms with Gasteiger partial charge in [0.15, 0.2) is 29.9 Å². The number of benzene rings is 1. The largest absolute Gasteiger partial charge is 0.542 e. The molecular formula is C29H30F3N9O12S2. The van der Waals surface area contributed by atoms with Gasteiger partial charge >= 0.3 is 22.5 Å². The second kappa shape index (κ2) is 16.1. The van der Waals surface area contributed by atoms with Gasteiger partial charge in [-0.15, -0.1) is 25.0 Å². The quantitative estimate of drug-likeness (QED) is 0.0376. The van der Waals surface area contributed by atoms with E-state index in [1.165, 1.54) is 19.2 Å². The van der Waals surface area contributed by atoms with Crippen molar-refractivity contribution in [3.05, 3.63) is 53.7 Å². The predicted octanol–water partition coefficient (Wildman–Crippen LogP) is -0.428. The van der Waals surface area contributed by atoms with E-state index in [4.69, 9.17) is 29.8 Å². The number of amides is 2. The van der Waals surface area contributed by atoms with Gasteiger partial charge in [0.05, 0.1) is 24.2 Å². The molecule has 3 aromatic heterocycles. The Bertz CT molecular complexity index is 2260. The molecule has 0 saturated carbocycles. The minimum atomic E-state index is -5.19. The van der Waals surface area contributed by atoms with Crippen LogP contribution in [0.4, 0.5) is 29.9 Å². The van der Waals surface area contributed by atoms with Crippen LogP contribution in [0.15, 0.2) is 53.1 Å². The Morgan fingerprint density at radius 2 is 1.87 bits per heavy atom. The molecule has 5 rings (SSSR count). The third-order valence-corrected chi connectivity index (χ3v) is 8.48. The number of oxime groups is 1. The summed E-state index contributed by atoms with van der Waals surface area (Å²) in [5.41, 5.74) is 4.30. The number of aliphatic carboxylic acids is 2. The van der Waals surface area contributed by atoms with Gasteiger partial charge in [0.25, 0.3) is 17.9 Å². The number of hydroxylamine groups is 2. The number of carboxylic acid groups (broad SMARTS) is 2. The van der Waals surface area contributed by atoms with Crippen LogP contribution in [0.3, 0.4) is 0 Å². The van der Waals surface area contributed by atoms with Crippen molar-refractivity contribution >= 4 is 78.9 Å². The van der Waals surface area contributed by atoms with Crippen LogP contribution in [-0.2, 0) is 52.8 Å². The lowest BCUT2D eigenvalue weighted by Gasteiger charge is -2.50. The molecule has 2 unspecified atom stereocenters. The molecule has 0 spiro atoms. The van der Waals surface area contributed by atoms with Crippen LogP contribution in [0, 0.1) is 0 Å². The highest BCUT2D eigenvalue weighted by molar-refractivity contribution is 7.80. The number of carboxylic acids is 2. The smallest absolute Gasteiger partial charge is 0.430 e. The van der Waals surface area contributed by atoms with E-state index in [-0.39, 0.29) is 10.8 Å². The Hall–Kier alpha value is -6.12. The summed E-state index contributed by atoms with van der Waals surface area (Å²) in [6.07, 6.45) is -4.99. The number of aryl methyl sites for hydroxylation is 1. The number of fused-ring (bicyclic) bond motifs is 1. The molecule has 0 aliphatic carbocycles. The summed E-state index contributed by atoms with van der Waals surface area (Å²) in [5.74, 6) is -4.73. The molecule has 4 heterocycles. The van der Waals surface area contributed by atoms with E-state index >= 15 is 0 Å². The SMILES string of the molecule is Cn1c(Nc2ccc3cc(OCC(ON=C(C(=O)NC4C(=O)N(OS(=O)(=O)O)C4(C)C)c4csc(N)n4)C(=O)O)ccc3n2)cc[n+]1C.O=C([O-])C(F)(F)F. The van der Waals surface area contributed by atoms with Crippen LogP contribution in [0.5, 0.6) is 5.75 Å². The Morgan fingerprint density at radius 3 is 2.40 bits per heavy atom. The number of alkyl halides is 3. The number of thiazole rings is 1. The van der Waals surface area contributed by atoms with Crippen molar-refractivity contribution in [2.45, 2.75) is 37.7 Å². The summed E-state index contributed by atoms with van der Waals surface area (Å²) in [7, 11) is -1.22. The van der Waals surface area contributed by atoms with Crippen LogP contribution in [0.25, 0.3) is 10.9 Å². The molecule has 1 aliphatic heterocycles. The van der Waals surface area contributed by atoms with Crippen molar-refractivity contribution < 1.29 is 74.1 Å². The first kappa shape index (κ1) is 41.6. The third-order valence-electron chi connectivity index (χ3n) is 7.47. The number of β-lactam (4-membered cyclic amide) rings is 1. The Morgan fingerprint density at radius 1 is 1.20 bits per heavy atom. The number of halogens is 3. The van der Waals surface area contributed by atoms with Gasteiger partial charge in [-0.05, 0) is 44.2 Å². The molecule has 1 aliphatic rings. The van der Waals surface area contributed by atoms with Gasteiger partial charge in [-0.1, -0.05) is 5.16 Å². The van der Waals surface area contributed by atoms with Crippen molar-refractivity contribution in [3.8, 4) is 5.75 Å². The molecule has 296 valence electrons. The molecular weight excluding hydrogens is 787 g/mol. The second-order valence-electron chi connectivity index (χ2n) is 11.7. The van der Waals surface area contributed by atoms with Crippen LogP contribution < -0.4 is 30.9 Å². The van der Waals surface area contributed by atoms with Crippen LogP contribution in [0.1, 0.15) is 19.5 Å². The van der Waals surface area contributed by atoms with E-state index in [1.807, 2.05) is 41.8 Å². The maximum atomic E-state index is 13.2. The minimum Gasteiger partial charge on any atom is -0.542 e. The topological polar surface area (TPSA) is 294 Å². The lowest BCUT2D eigenvalue weighted by Crippen LogP contribution is -2.76. The van der Waals surface area contributed by atoms with Crippen molar-refractivity contribution in [1.29, 1.82) is 0 Å². The standard InChI is InChI=1S/C27H29N9O10S2.C2HF3O2/c1-27(2)22(24(38)36(27)46-48(41,42)43)32-23(37)21(17-13-47-26(28)30-17)33-45-18(25(39)40)12-44-15-6-7-16-14(11-15)5-8-19(29-16)31-20-9-10-34(3)35(20)4;3-2(4,5)1(6)7/h5-11,13,18,22H,12H2,1-4H3,(H5,28,30,32,37,39,40,41,42,43);(H,6,7). The Kier molecular flexibility index (Phi) is 12.2. The average Bonchev–Trinajstić information content (AvgIpc) is 3.66. The number of anilines is 3. The minimum absolute atomic E-state index is 0.0548. The number of nitrogen functional groups attached to an aromatic ring is 1. The number of aromatic nitrogens is 4. The second-order valence-corrected chi connectivity index (χ2v) is 13.6. The number of rotatable bonds is 13. The number of pyridine rings is 1. The van der Waals surface area contributed by atoms with E-state index < -0.39 is 70.3 Å². The summed E-state index contributed by atoms with van der Waals surface area (Å²) >= 11 is 0.956. The molecule has 1 aromatic carbocycles. The van der Waals surface area contributed by atoms with Gasteiger partial charge < -0.3 is 40.9 Å². The molecule has 0 bridgehead atoms. The molecule has 0 radical (unpaired) electrons. The van der Waals surface area contributed by atoms with E-state index in [1.54, 1.807) is 24.3 Å². The van der Waals surface area contributed by atoms with E-state index in [9.17, 15) is 41.1 Å². The molecule has 26 heteroatoms. The maximum absolute atomic E-state index is 13.2. The first-order valence-electron chi connectivity index (χ1n) is 15.1. The fraction of sp³-hybridized carbons (Fsp3) is 0.310. The summed E-state index contributed by atoms with van der Waals surface area (Å²) < 4.78 is 76.5. The molecule has 1 saturated heterocycles. The summed E-state index contributed by atoms with van der Waals surface area (Å²) in [4.78, 5) is 60.4. The van der Waals surface area contributed by atoms with Crippen LogP contribution >= 0.6 is 11.3 Å². The summed E-state index contributed by atoms with van der Waals surface area (Å²) in [6.45, 7) is 2.20. The number of nitrogens with zero attached hydrogens (tertiary/aromatic N) is 6. The average molecular weight is 818 g/mol. The fourth-order valence-electron chi connectivity index (χ4n) is 4.53. The highest BCUT2D eigenvalue weighted by atomic mass is 32.3. The molecule has 1 fully saturated rings. The number of carbonyl (C=O) groups is 4. The molecule has 4 aromatic rings. The maximum Gasteiger partial charge on any atom is 0.430 e. The first-order valence-corrected chi connectivity index (χ1v) is 17.3. The fourth-order valence-corrected chi connectivity index (χ4v) is 5.53. The number of hydrogen-bond donors (Lipinski definition) is 5. The Balaban J connectivity index is 0.000000876. The lowest BCUT2D eigenvalue weighted by molar-refractivity contribution is -0.750. The van der Waals surface area contributed by atoms with Gasteiger partial charge in [0.2, 0.25) is 0 Å². The van der Waals surface area contributed by atoms with E-state index in [2.05, 4.69) is 30.0 Å². The highest BCUT2D eigenvalue weighted by Crippen LogP contribution is 2.33. The van der Waals surface area contributed by atoms with Gasteiger partial charge in [-0.2, -0.15) is 26.7 Å². The van der Waals surface area contributed by atoms with Crippen LogP contribution in [-0.4, -0.2) is 97.7 Å². The van der Waals surface area contributed by atoms with Crippen molar-refractivity contribution in [2.24, 2.45) is 19.3 Å². The molecule has 2 amide bonds. The van der Waals surface area contributed by atoms with Crippen molar-refractivity contribution in [3.63, 3.8) is 0 Å². The van der Waals surface area contributed by atoms with Gasteiger partial charge in [-0.3, -0.25) is 14.1 Å². The zero-order valence-electron chi connectivity index (χ0n) is 28.7. The lowest BCUT2D eigenvalue weighted by atomic mass is 9.84. The molecule has 55 heavy (non-hydrogen) atoms. The van der Waals surface area contributed by atoms with Crippen molar-refractivity contribution in [1.82, 2.24) is 25.0 Å². The van der Waals surface area contributed by atoms with Gasteiger partial charge in [0, 0.05) is 10.8 Å².